The number of halogens is 1. The standard InChI is InChI=1S/C14H19ClN2O/c1-10-6-13(15)8-14(7-10)16-4-5-17(12(3)18)11(2)9-16/h6-8,11H,4-5,9H2,1-3H3/t11-/m1/s1. The number of amides is 1. The average molecular weight is 267 g/mol. The first-order valence-corrected chi connectivity index (χ1v) is 6.64. The first-order chi connectivity index (χ1) is 8.47. The summed E-state index contributed by atoms with van der Waals surface area (Å²) in [6.45, 7) is 8.27. The second-order valence-electron chi connectivity index (χ2n) is 4.99. The number of hydrogen-bond acceptors (Lipinski definition) is 2. The molecule has 1 aliphatic rings. The molecule has 0 aromatic heterocycles. The van der Waals surface area contributed by atoms with E-state index in [0.717, 1.165) is 30.3 Å². The largest absolute Gasteiger partial charge is 0.368 e. The van der Waals surface area contributed by atoms with Crippen molar-refractivity contribution in [1.29, 1.82) is 0 Å². The summed E-state index contributed by atoms with van der Waals surface area (Å²) >= 11 is 6.09. The van der Waals surface area contributed by atoms with Gasteiger partial charge >= 0.3 is 0 Å². The van der Waals surface area contributed by atoms with Crippen LogP contribution >= 0.6 is 11.6 Å². The maximum absolute atomic E-state index is 11.4. The summed E-state index contributed by atoms with van der Waals surface area (Å²) in [6.07, 6.45) is 0. The number of rotatable bonds is 1. The van der Waals surface area contributed by atoms with E-state index in [9.17, 15) is 4.79 Å². The van der Waals surface area contributed by atoms with Gasteiger partial charge in [0.05, 0.1) is 0 Å². The van der Waals surface area contributed by atoms with E-state index in [1.54, 1.807) is 6.92 Å². The van der Waals surface area contributed by atoms with E-state index >= 15 is 0 Å². The molecule has 0 radical (unpaired) electrons. The molecule has 1 aliphatic heterocycles. The van der Waals surface area contributed by atoms with Gasteiger partial charge in [-0.3, -0.25) is 4.79 Å². The van der Waals surface area contributed by atoms with Gasteiger partial charge < -0.3 is 9.80 Å². The summed E-state index contributed by atoms with van der Waals surface area (Å²) in [5.41, 5.74) is 2.31. The molecule has 98 valence electrons. The van der Waals surface area contributed by atoms with E-state index in [4.69, 9.17) is 11.6 Å². The Bertz CT molecular complexity index is 441. The molecule has 0 bridgehead atoms. The zero-order chi connectivity index (χ0) is 13.3. The van der Waals surface area contributed by atoms with Gasteiger partial charge in [-0.05, 0) is 37.6 Å². The molecule has 0 spiro atoms. The summed E-state index contributed by atoms with van der Waals surface area (Å²) < 4.78 is 0. The zero-order valence-electron chi connectivity index (χ0n) is 11.1. The normalized spacial score (nSPS) is 20.1. The molecule has 3 nitrogen and oxygen atoms in total. The molecule has 0 saturated carbocycles. The minimum Gasteiger partial charge on any atom is -0.368 e. The summed E-state index contributed by atoms with van der Waals surface area (Å²) in [5, 5.41) is 0.770. The molecule has 1 heterocycles. The lowest BCUT2D eigenvalue weighted by Crippen LogP contribution is -2.53. The molecule has 1 saturated heterocycles. The van der Waals surface area contributed by atoms with E-state index in [2.05, 4.69) is 17.9 Å². The molecule has 18 heavy (non-hydrogen) atoms. The van der Waals surface area contributed by atoms with E-state index in [1.165, 1.54) is 5.56 Å². The van der Waals surface area contributed by atoms with Crippen LogP contribution in [0.2, 0.25) is 5.02 Å². The van der Waals surface area contributed by atoms with E-state index < -0.39 is 0 Å². The Morgan fingerprint density at radius 3 is 2.61 bits per heavy atom. The van der Waals surface area contributed by atoms with E-state index in [0.29, 0.717) is 0 Å². The topological polar surface area (TPSA) is 23.6 Å². The van der Waals surface area contributed by atoms with Crippen LogP contribution < -0.4 is 4.90 Å². The molecule has 1 aromatic rings. The summed E-state index contributed by atoms with van der Waals surface area (Å²) in [7, 11) is 0. The molecular weight excluding hydrogens is 248 g/mol. The highest BCUT2D eigenvalue weighted by Gasteiger charge is 2.25. The fourth-order valence-corrected chi connectivity index (χ4v) is 2.84. The Balaban J connectivity index is 2.14. The highest BCUT2D eigenvalue weighted by atomic mass is 35.5. The molecule has 4 heteroatoms. The van der Waals surface area contributed by atoms with Crippen LogP contribution in [0.25, 0.3) is 0 Å². The first-order valence-electron chi connectivity index (χ1n) is 6.26. The van der Waals surface area contributed by atoms with Crippen molar-refractivity contribution in [3.8, 4) is 0 Å². The maximum atomic E-state index is 11.4. The molecule has 1 atom stereocenters. The SMILES string of the molecule is CC(=O)N1CCN(c2cc(C)cc(Cl)c2)C[C@H]1C. The lowest BCUT2D eigenvalue weighted by atomic mass is 10.1. The lowest BCUT2D eigenvalue weighted by molar-refractivity contribution is -0.131. The van der Waals surface area contributed by atoms with Gasteiger partial charge in [0.2, 0.25) is 5.91 Å². The maximum Gasteiger partial charge on any atom is 0.219 e. The van der Waals surface area contributed by atoms with Crippen molar-refractivity contribution in [1.82, 2.24) is 4.90 Å². The second kappa shape index (κ2) is 5.19. The number of aryl methyl sites for hydroxylation is 1. The molecule has 0 N–H and O–H groups in total. The van der Waals surface area contributed by atoms with Crippen LogP contribution in [0.1, 0.15) is 19.4 Å². The van der Waals surface area contributed by atoms with Crippen LogP contribution in [0, 0.1) is 6.92 Å². The van der Waals surface area contributed by atoms with E-state index in [-0.39, 0.29) is 11.9 Å². The number of benzene rings is 1. The Labute approximate surface area is 113 Å². The third-order valence-corrected chi connectivity index (χ3v) is 3.64. The van der Waals surface area contributed by atoms with Crippen molar-refractivity contribution < 1.29 is 4.79 Å². The van der Waals surface area contributed by atoms with Crippen LogP contribution in [-0.2, 0) is 4.79 Å². The predicted octanol–water partition coefficient (Wildman–Crippen LogP) is 2.71. The lowest BCUT2D eigenvalue weighted by Gasteiger charge is -2.40. The number of nitrogens with zero attached hydrogens (tertiary/aromatic N) is 2. The van der Waals surface area contributed by atoms with Crippen molar-refractivity contribution in [3.05, 3.63) is 28.8 Å². The highest BCUT2D eigenvalue weighted by molar-refractivity contribution is 6.30. The third kappa shape index (κ3) is 2.78. The van der Waals surface area contributed by atoms with Gasteiger partial charge in [0.1, 0.15) is 0 Å². The van der Waals surface area contributed by atoms with Crippen molar-refractivity contribution in [2.75, 3.05) is 24.5 Å². The molecule has 1 aromatic carbocycles. The van der Waals surface area contributed by atoms with Crippen molar-refractivity contribution in [2.24, 2.45) is 0 Å². The van der Waals surface area contributed by atoms with Gasteiger partial charge in [0.15, 0.2) is 0 Å². The van der Waals surface area contributed by atoms with Gasteiger partial charge in [-0.2, -0.15) is 0 Å². The van der Waals surface area contributed by atoms with E-state index in [1.807, 2.05) is 24.0 Å². The fraction of sp³-hybridized carbons (Fsp3) is 0.500. The van der Waals surface area contributed by atoms with Crippen molar-refractivity contribution in [3.63, 3.8) is 0 Å². The number of carbonyl (C=O) groups excluding carboxylic acids is 1. The van der Waals surface area contributed by atoms with Crippen LogP contribution in [0.4, 0.5) is 5.69 Å². The summed E-state index contributed by atoms with van der Waals surface area (Å²) in [6, 6.07) is 6.34. The Morgan fingerprint density at radius 2 is 2.06 bits per heavy atom. The second-order valence-corrected chi connectivity index (χ2v) is 5.43. The third-order valence-electron chi connectivity index (χ3n) is 3.42. The Hall–Kier alpha value is -1.22. The number of hydrogen-bond donors (Lipinski definition) is 0. The smallest absolute Gasteiger partial charge is 0.219 e. The van der Waals surface area contributed by atoms with Crippen LogP contribution in [0.15, 0.2) is 18.2 Å². The fourth-order valence-electron chi connectivity index (χ4n) is 2.56. The van der Waals surface area contributed by atoms with Gasteiger partial charge in [0, 0.05) is 43.3 Å². The molecule has 1 fully saturated rings. The molecule has 1 amide bonds. The predicted molar refractivity (Wildman–Crippen MR) is 75.3 cm³/mol. The quantitative estimate of drug-likeness (QED) is 0.780. The highest BCUT2D eigenvalue weighted by Crippen LogP contribution is 2.24. The summed E-state index contributed by atoms with van der Waals surface area (Å²) in [5.74, 6) is 0.157. The molecule has 0 unspecified atom stereocenters. The van der Waals surface area contributed by atoms with Crippen LogP contribution in [0.3, 0.4) is 0 Å². The summed E-state index contributed by atoms with van der Waals surface area (Å²) in [4.78, 5) is 15.7. The van der Waals surface area contributed by atoms with Crippen molar-refractivity contribution >= 4 is 23.2 Å². The Morgan fingerprint density at radius 1 is 1.33 bits per heavy atom. The van der Waals surface area contributed by atoms with Crippen LogP contribution in [-0.4, -0.2) is 36.5 Å². The molecule has 0 aliphatic carbocycles. The average Bonchev–Trinajstić information content (AvgIpc) is 2.26. The van der Waals surface area contributed by atoms with Crippen molar-refractivity contribution in [2.45, 2.75) is 26.8 Å². The minimum atomic E-state index is 0.157. The minimum absolute atomic E-state index is 0.157. The van der Waals surface area contributed by atoms with Crippen LogP contribution in [0.5, 0.6) is 0 Å². The molecular formula is C14H19ClN2O. The van der Waals surface area contributed by atoms with Gasteiger partial charge in [0.25, 0.3) is 0 Å². The molecule has 2 rings (SSSR count). The number of anilines is 1. The number of carbonyl (C=O) groups is 1. The zero-order valence-corrected chi connectivity index (χ0v) is 11.9. The number of piperazine rings is 1. The van der Waals surface area contributed by atoms with Gasteiger partial charge in [-0.15, -0.1) is 0 Å². The first kappa shape index (κ1) is 13.2. The van der Waals surface area contributed by atoms with Gasteiger partial charge in [-0.25, -0.2) is 0 Å². The monoisotopic (exact) mass is 266 g/mol. The van der Waals surface area contributed by atoms with Gasteiger partial charge in [-0.1, -0.05) is 11.6 Å². The Kier molecular flexibility index (Phi) is 3.81.